The molecule has 0 N–H and O–H groups in total. The van der Waals surface area contributed by atoms with E-state index in [0.29, 0.717) is 0 Å². The Morgan fingerprint density at radius 3 is 2.64 bits per heavy atom. The number of nitrogens with zero attached hydrogens (tertiary/aromatic N) is 1. The summed E-state index contributed by atoms with van der Waals surface area (Å²) < 4.78 is 5.38. The third-order valence-electron chi connectivity index (χ3n) is 3.24. The van der Waals surface area contributed by atoms with Crippen molar-refractivity contribution in [3.05, 3.63) is 10.6 Å². The molecule has 0 atom stereocenters. The lowest BCUT2D eigenvalue weighted by atomic mass is 10.00. The molecule has 3 heteroatoms. The molecule has 1 fully saturated rings. The van der Waals surface area contributed by atoms with Crippen molar-refractivity contribution in [1.29, 1.82) is 0 Å². The van der Waals surface area contributed by atoms with Crippen molar-refractivity contribution in [3.63, 3.8) is 0 Å². The van der Waals surface area contributed by atoms with Crippen LogP contribution in [0.25, 0.3) is 0 Å². The fourth-order valence-corrected chi connectivity index (χ4v) is 3.02. The van der Waals surface area contributed by atoms with Crippen LogP contribution in [0.3, 0.4) is 0 Å². The first-order valence-electron chi connectivity index (χ1n) is 5.40. The fraction of sp³-hybridized carbons (Fsp3) is 0.818. The van der Waals surface area contributed by atoms with Crippen molar-refractivity contribution in [3.8, 4) is 0 Å². The van der Waals surface area contributed by atoms with Gasteiger partial charge in [0, 0.05) is 30.4 Å². The van der Waals surface area contributed by atoms with Gasteiger partial charge in [-0.2, -0.15) is 0 Å². The van der Waals surface area contributed by atoms with E-state index in [4.69, 9.17) is 4.74 Å². The summed E-state index contributed by atoms with van der Waals surface area (Å²) in [7, 11) is 0. The predicted octanol–water partition coefficient (Wildman–Crippen LogP) is 2.67. The van der Waals surface area contributed by atoms with Gasteiger partial charge in [0.05, 0.1) is 5.88 Å². The molecule has 2 heterocycles. The maximum atomic E-state index is 5.38. The summed E-state index contributed by atoms with van der Waals surface area (Å²) in [4.78, 5) is 4.02. The molecule has 1 saturated heterocycles. The van der Waals surface area contributed by atoms with Crippen LogP contribution in [0, 0.1) is 5.92 Å². The second-order valence-electron chi connectivity index (χ2n) is 4.19. The molecule has 0 aromatic carbocycles. The molecule has 2 nitrogen and oxygen atoms in total. The highest BCUT2D eigenvalue weighted by Gasteiger charge is 2.21. The van der Waals surface area contributed by atoms with Gasteiger partial charge in [0.15, 0.2) is 0 Å². The van der Waals surface area contributed by atoms with Crippen LogP contribution in [-0.4, -0.2) is 30.5 Å². The lowest BCUT2D eigenvalue weighted by Gasteiger charge is -2.28. The number of hydrogen-bond donors (Lipinski definition) is 0. The van der Waals surface area contributed by atoms with Gasteiger partial charge in [-0.05, 0) is 32.6 Å². The molecule has 2 rings (SSSR count). The van der Waals surface area contributed by atoms with Crippen molar-refractivity contribution in [2.75, 3.05) is 25.6 Å². The Labute approximate surface area is 90.7 Å². The van der Waals surface area contributed by atoms with Crippen LogP contribution < -0.4 is 0 Å². The van der Waals surface area contributed by atoms with Crippen molar-refractivity contribution in [1.82, 2.24) is 4.90 Å². The number of hydrogen-bond acceptors (Lipinski definition) is 3. The maximum Gasteiger partial charge on any atom is 0.0680 e. The Morgan fingerprint density at radius 1 is 1.36 bits per heavy atom. The van der Waals surface area contributed by atoms with Gasteiger partial charge in [-0.1, -0.05) is 0 Å². The summed E-state index contributed by atoms with van der Waals surface area (Å²) in [6.45, 7) is 7.64. The van der Waals surface area contributed by atoms with E-state index in [2.05, 4.69) is 18.7 Å². The third-order valence-corrected chi connectivity index (χ3v) is 4.41. The molecule has 14 heavy (non-hydrogen) atoms. The van der Waals surface area contributed by atoms with Crippen LogP contribution in [0.2, 0.25) is 0 Å². The van der Waals surface area contributed by atoms with Gasteiger partial charge >= 0.3 is 0 Å². The van der Waals surface area contributed by atoms with Gasteiger partial charge in [-0.15, -0.1) is 11.8 Å². The van der Waals surface area contributed by atoms with E-state index < -0.39 is 0 Å². The van der Waals surface area contributed by atoms with Crippen LogP contribution in [0.5, 0.6) is 0 Å². The van der Waals surface area contributed by atoms with Crippen molar-refractivity contribution in [2.45, 2.75) is 26.7 Å². The van der Waals surface area contributed by atoms with Crippen molar-refractivity contribution >= 4 is 11.8 Å². The van der Waals surface area contributed by atoms with Crippen LogP contribution in [0.15, 0.2) is 10.6 Å². The third kappa shape index (κ3) is 2.26. The second-order valence-corrected chi connectivity index (χ2v) is 5.35. The summed E-state index contributed by atoms with van der Waals surface area (Å²) in [5, 5.41) is 0. The summed E-state index contributed by atoms with van der Waals surface area (Å²) in [6.07, 6.45) is 2.49. The molecule has 0 amide bonds. The van der Waals surface area contributed by atoms with E-state index in [1.165, 1.54) is 30.0 Å². The van der Waals surface area contributed by atoms with Gasteiger partial charge in [-0.3, -0.25) is 0 Å². The highest BCUT2D eigenvalue weighted by molar-refractivity contribution is 8.03. The summed E-state index contributed by atoms with van der Waals surface area (Å²) >= 11 is 1.98. The molecular weight excluding hydrogens is 194 g/mol. The number of allylic oxidation sites excluding steroid dienone is 2. The molecule has 0 saturated carbocycles. The van der Waals surface area contributed by atoms with Crippen molar-refractivity contribution < 1.29 is 4.74 Å². The van der Waals surface area contributed by atoms with Gasteiger partial charge in [0.1, 0.15) is 0 Å². The molecule has 0 aromatic rings. The zero-order valence-corrected chi connectivity index (χ0v) is 9.90. The first-order chi connectivity index (χ1) is 6.77. The van der Waals surface area contributed by atoms with Crippen LogP contribution >= 0.6 is 11.8 Å². The Balaban J connectivity index is 1.85. The molecule has 80 valence electrons. The molecule has 2 aliphatic rings. The summed E-state index contributed by atoms with van der Waals surface area (Å²) in [5.74, 6) is 2.01. The number of rotatable bonds is 2. The molecule has 2 aliphatic heterocycles. The van der Waals surface area contributed by atoms with E-state index in [1.807, 2.05) is 11.8 Å². The topological polar surface area (TPSA) is 12.5 Å². The lowest BCUT2D eigenvalue weighted by Crippen LogP contribution is -2.29. The molecule has 0 aromatic heterocycles. The largest absolute Gasteiger partial charge is 0.381 e. The quantitative estimate of drug-likeness (QED) is 0.700. The number of thioether (sulfide) groups is 1. The standard InChI is InChI=1S/C11H19NOS/c1-9-10(2)14-8-12(9)7-11-3-5-13-6-4-11/h11H,3-8H2,1-2H3. The van der Waals surface area contributed by atoms with Gasteiger partial charge < -0.3 is 9.64 Å². The first kappa shape index (κ1) is 10.4. The van der Waals surface area contributed by atoms with E-state index in [-0.39, 0.29) is 0 Å². The van der Waals surface area contributed by atoms with Gasteiger partial charge in [0.25, 0.3) is 0 Å². The Kier molecular flexibility index (Phi) is 3.39. The summed E-state index contributed by atoms with van der Waals surface area (Å²) in [6, 6.07) is 0. The molecular formula is C11H19NOS. The Bertz CT molecular complexity index is 233. The lowest BCUT2D eigenvalue weighted by molar-refractivity contribution is 0.0585. The van der Waals surface area contributed by atoms with Crippen molar-refractivity contribution in [2.24, 2.45) is 5.92 Å². The van der Waals surface area contributed by atoms with Gasteiger partial charge in [-0.25, -0.2) is 0 Å². The van der Waals surface area contributed by atoms with E-state index in [9.17, 15) is 0 Å². The Morgan fingerprint density at radius 2 is 2.07 bits per heavy atom. The average Bonchev–Trinajstić information content (AvgIpc) is 2.52. The van der Waals surface area contributed by atoms with Crippen LogP contribution in [0.4, 0.5) is 0 Å². The first-order valence-corrected chi connectivity index (χ1v) is 6.39. The number of ether oxygens (including phenoxy) is 1. The Hall–Kier alpha value is -0.150. The maximum absolute atomic E-state index is 5.38. The van der Waals surface area contributed by atoms with E-state index in [1.54, 1.807) is 0 Å². The summed E-state index contributed by atoms with van der Waals surface area (Å²) in [5.41, 5.74) is 1.49. The molecule has 0 unspecified atom stereocenters. The zero-order valence-electron chi connectivity index (χ0n) is 9.08. The van der Waals surface area contributed by atoms with Gasteiger partial charge in [0.2, 0.25) is 0 Å². The SMILES string of the molecule is CC1=C(C)N(CC2CCOCC2)CS1. The highest BCUT2D eigenvalue weighted by atomic mass is 32.2. The minimum atomic E-state index is 0.852. The van der Waals surface area contributed by atoms with Crippen LogP contribution in [0.1, 0.15) is 26.7 Å². The zero-order chi connectivity index (χ0) is 9.97. The fourth-order valence-electron chi connectivity index (χ4n) is 2.03. The highest BCUT2D eigenvalue weighted by Crippen LogP contribution is 2.32. The van der Waals surface area contributed by atoms with E-state index in [0.717, 1.165) is 25.0 Å². The normalized spacial score (nSPS) is 24.9. The molecule has 0 aliphatic carbocycles. The van der Waals surface area contributed by atoms with E-state index >= 15 is 0 Å². The monoisotopic (exact) mass is 213 g/mol. The predicted molar refractivity (Wildman–Crippen MR) is 61.1 cm³/mol. The second kappa shape index (κ2) is 4.58. The minimum Gasteiger partial charge on any atom is -0.381 e. The molecule has 0 spiro atoms. The van der Waals surface area contributed by atoms with Crippen LogP contribution in [-0.2, 0) is 4.74 Å². The molecule has 0 bridgehead atoms. The molecule has 0 radical (unpaired) electrons. The average molecular weight is 213 g/mol. The smallest absolute Gasteiger partial charge is 0.0680 e. The minimum absolute atomic E-state index is 0.852.